The summed E-state index contributed by atoms with van der Waals surface area (Å²) in [5.74, 6) is -1.06. The van der Waals surface area contributed by atoms with Crippen molar-refractivity contribution in [1.29, 1.82) is 0 Å². The second-order valence-electron chi connectivity index (χ2n) is 7.29. The predicted octanol–water partition coefficient (Wildman–Crippen LogP) is 2.35. The fourth-order valence-electron chi connectivity index (χ4n) is 3.31. The van der Waals surface area contributed by atoms with E-state index in [0.29, 0.717) is 6.54 Å². The Hall–Kier alpha value is -1.88. The molecule has 1 aliphatic carbocycles. The molecular weight excluding hydrogens is 314 g/mol. The zero-order valence-corrected chi connectivity index (χ0v) is 14.9. The largest absolute Gasteiger partial charge is 0.345 e. The third-order valence-corrected chi connectivity index (χ3v) is 4.92. The number of hydrogen-bond acceptors (Lipinski definition) is 3. The standard InChI is InChI=1S/C20H29N3O2/c24-19(20(25)22-18-9-10-18)21-14-16-7-6-8-17(13-16)15-23-11-4-2-1-3-5-12-23/h6-8,13,18H,1-5,9-12,14-15H2,(H,21,24)(H,22,25). The van der Waals surface area contributed by atoms with E-state index in [-0.39, 0.29) is 6.04 Å². The molecule has 1 aromatic carbocycles. The van der Waals surface area contributed by atoms with Crippen molar-refractivity contribution in [3.05, 3.63) is 35.4 Å². The number of amides is 2. The number of likely N-dealkylation sites (tertiary alicyclic amines) is 1. The van der Waals surface area contributed by atoms with Crippen LogP contribution in [0.25, 0.3) is 0 Å². The monoisotopic (exact) mass is 343 g/mol. The van der Waals surface area contributed by atoms with E-state index in [4.69, 9.17) is 0 Å². The zero-order valence-electron chi connectivity index (χ0n) is 14.9. The molecule has 0 aromatic heterocycles. The highest BCUT2D eigenvalue weighted by Gasteiger charge is 2.26. The van der Waals surface area contributed by atoms with Gasteiger partial charge in [-0.3, -0.25) is 14.5 Å². The van der Waals surface area contributed by atoms with Crippen molar-refractivity contribution in [2.75, 3.05) is 13.1 Å². The summed E-state index contributed by atoms with van der Waals surface area (Å²) in [6.45, 7) is 3.69. The summed E-state index contributed by atoms with van der Waals surface area (Å²) in [5.41, 5.74) is 2.31. The maximum absolute atomic E-state index is 11.8. The van der Waals surface area contributed by atoms with E-state index in [2.05, 4.69) is 27.7 Å². The lowest BCUT2D eigenvalue weighted by Gasteiger charge is -2.24. The van der Waals surface area contributed by atoms with Gasteiger partial charge in [0, 0.05) is 19.1 Å². The summed E-state index contributed by atoms with van der Waals surface area (Å²) < 4.78 is 0. The summed E-state index contributed by atoms with van der Waals surface area (Å²) in [4.78, 5) is 26.0. The number of carbonyl (C=O) groups is 2. The Morgan fingerprint density at radius 3 is 2.36 bits per heavy atom. The van der Waals surface area contributed by atoms with Crippen LogP contribution in [-0.2, 0) is 22.7 Å². The minimum atomic E-state index is -0.541. The number of hydrogen-bond donors (Lipinski definition) is 2. The number of benzene rings is 1. The van der Waals surface area contributed by atoms with E-state index < -0.39 is 11.8 Å². The van der Waals surface area contributed by atoms with Gasteiger partial charge in [0.15, 0.2) is 0 Å². The molecule has 136 valence electrons. The highest BCUT2D eigenvalue weighted by atomic mass is 16.2. The first-order chi connectivity index (χ1) is 12.2. The first-order valence-electron chi connectivity index (χ1n) is 9.59. The number of nitrogens with one attached hydrogen (secondary N) is 2. The Labute approximate surface area is 150 Å². The molecule has 2 N–H and O–H groups in total. The van der Waals surface area contributed by atoms with E-state index in [9.17, 15) is 9.59 Å². The van der Waals surface area contributed by atoms with Crippen molar-refractivity contribution < 1.29 is 9.59 Å². The Morgan fingerprint density at radius 2 is 1.64 bits per heavy atom. The molecule has 0 radical (unpaired) electrons. The molecule has 5 nitrogen and oxygen atoms in total. The summed E-state index contributed by atoms with van der Waals surface area (Å²) in [5, 5.41) is 5.43. The molecule has 2 amide bonds. The van der Waals surface area contributed by atoms with Gasteiger partial charge in [0.1, 0.15) is 0 Å². The molecule has 25 heavy (non-hydrogen) atoms. The molecule has 0 spiro atoms. The molecule has 0 atom stereocenters. The maximum Gasteiger partial charge on any atom is 0.309 e. The van der Waals surface area contributed by atoms with Crippen molar-refractivity contribution in [3.8, 4) is 0 Å². The Balaban J connectivity index is 1.48. The van der Waals surface area contributed by atoms with Gasteiger partial charge in [0.2, 0.25) is 0 Å². The molecule has 1 saturated heterocycles. The van der Waals surface area contributed by atoms with Gasteiger partial charge in [-0.05, 0) is 49.9 Å². The fraction of sp³-hybridized carbons (Fsp3) is 0.600. The molecular formula is C20H29N3O2. The van der Waals surface area contributed by atoms with Crippen LogP contribution in [0.2, 0.25) is 0 Å². The smallest absolute Gasteiger partial charge is 0.309 e. The van der Waals surface area contributed by atoms with Crippen molar-refractivity contribution in [2.24, 2.45) is 0 Å². The first kappa shape index (κ1) is 17.9. The van der Waals surface area contributed by atoms with Crippen LogP contribution in [0, 0.1) is 0 Å². The van der Waals surface area contributed by atoms with Gasteiger partial charge < -0.3 is 10.6 Å². The van der Waals surface area contributed by atoms with Crippen LogP contribution in [0.15, 0.2) is 24.3 Å². The molecule has 1 aromatic rings. The molecule has 1 saturated carbocycles. The van der Waals surface area contributed by atoms with E-state index in [1.807, 2.05) is 12.1 Å². The van der Waals surface area contributed by atoms with Gasteiger partial charge in [-0.1, -0.05) is 43.5 Å². The fourth-order valence-corrected chi connectivity index (χ4v) is 3.31. The average Bonchev–Trinajstić information content (AvgIpc) is 3.39. The molecule has 2 fully saturated rings. The van der Waals surface area contributed by atoms with Crippen LogP contribution in [0.4, 0.5) is 0 Å². The van der Waals surface area contributed by atoms with Crippen LogP contribution in [-0.4, -0.2) is 35.8 Å². The minimum absolute atomic E-state index is 0.208. The molecule has 3 rings (SSSR count). The first-order valence-corrected chi connectivity index (χ1v) is 9.59. The van der Waals surface area contributed by atoms with Gasteiger partial charge in [0.05, 0.1) is 0 Å². The van der Waals surface area contributed by atoms with Crippen LogP contribution in [0.5, 0.6) is 0 Å². The summed E-state index contributed by atoms with van der Waals surface area (Å²) >= 11 is 0. The van der Waals surface area contributed by atoms with Gasteiger partial charge in [0.25, 0.3) is 0 Å². The van der Waals surface area contributed by atoms with E-state index in [1.165, 1.54) is 50.8 Å². The van der Waals surface area contributed by atoms with Gasteiger partial charge >= 0.3 is 11.8 Å². The van der Waals surface area contributed by atoms with Crippen molar-refractivity contribution in [1.82, 2.24) is 15.5 Å². The third-order valence-electron chi connectivity index (χ3n) is 4.92. The Morgan fingerprint density at radius 1 is 0.960 bits per heavy atom. The van der Waals surface area contributed by atoms with Crippen molar-refractivity contribution in [2.45, 2.75) is 64.1 Å². The van der Waals surface area contributed by atoms with E-state index in [0.717, 1.165) is 24.9 Å². The molecule has 1 aliphatic heterocycles. The van der Waals surface area contributed by atoms with Crippen LogP contribution in [0.3, 0.4) is 0 Å². The summed E-state index contributed by atoms with van der Waals surface area (Å²) in [6, 6.07) is 8.52. The predicted molar refractivity (Wildman–Crippen MR) is 97.8 cm³/mol. The Kier molecular flexibility index (Phi) is 6.45. The van der Waals surface area contributed by atoms with Gasteiger partial charge in [-0.25, -0.2) is 0 Å². The van der Waals surface area contributed by atoms with Crippen LogP contribution in [0.1, 0.15) is 56.1 Å². The SMILES string of the molecule is O=C(NCc1cccc(CN2CCCCCCC2)c1)C(=O)NC1CC1. The molecule has 2 aliphatic rings. The Bertz CT molecular complexity index is 590. The van der Waals surface area contributed by atoms with E-state index in [1.54, 1.807) is 0 Å². The van der Waals surface area contributed by atoms with Crippen molar-refractivity contribution >= 4 is 11.8 Å². The quantitative estimate of drug-likeness (QED) is 0.807. The minimum Gasteiger partial charge on any atom is -0.345 e. The lowest BCUT2D eigenvalue weighted by molar-refractivity contribution is -0.139. The molecule has 0 bridgehead atoms. The normalized spacial score (nSPS) is 18.9. The van der Waals surface area contributed by atoms with Crippen LogP contribution >= 0.6 is 0 Å². The summed E-state index contributed by atoms with van der Waals surface area (Å²) in [7, 11) is 0. The highest BCUT2D eigenvalue weighted by molar-refractivity contribution is 6.35. The number of nitrogens with zero attached hydrogens (tertiary/aromatic N) is 1. The lowest BCUT2D eigenvalue weighted by Crippen LogP contribution is -2.40. The van der Waals surface area contributed by atoms with Gasteiger partial charge in [-0.2, -0.15) is 0 Å². The molecule has 5 heteroatoms. The van der Waals surface area contributed by atoms with E-state index >= 15 is 0 Å². The molecule has 0 unspecified atom stereocenters. The topological polar surface area (TPSA) is 61.4 Å². The maximum atomic E-state index is 11.8. The highest BCUT2D eigenvalue weighted by Crippen LogP contribution is 2.18. The summed E-state index contributed by atoms with van der Waals surface area (Å²) in [6.07, 6.45) is 8.58. The van der Waals surface area contributed by atoms with Crippen LogP contribution < -0.4 is 10.6 Å². The zero-order chi connectivity index (χ0) is 17.5. The van der Waals surface area contributed by atoms with Crippen molar-refractivity contribution in [3.63, 3.8) is 0 Å². The third kappa shape index (κ3) is 6.16. The molecule has 1 heterocycles. The number of rotatable bonds is 5. The number of carbonyl (C=O) groups excluding carboxylic acids is 2. The lowest BCUT2D eigenvalue weighted by atomic mass is 10.1. The second-order valence-corrected chi connectivity index (χ2v) is 7.29. The second kappa shape index (κ2) is 8.99. The average molecular weight is 343 g/mol. The van der Waals surface area contributed by atoms with Gasteiger partial charge in [-0.15, -0.1) is 0 Å².